The zero-order valence-electron chi connectivity index (χ0n) is 15.6. The van der Waals surface area contributed by atoms with E-state index in [-0.39, 0.29) is 5.91 Å². The minimum absolute atomic E-state index is 0.0315. The van der Waals surface area contributed by atoms with Crippen LogP contribution in [0.2, 0.25) is 0 Å². The molecule has 0 radical (unpaired) electrons. The van der Waals surface area contributed by atoms with Crippen LogP contribution in [0, 0.1) is 0 Å². The molecule has 1 unspecified atom stereocenters. The highest BCUT2D eigenvalue weighted by Crippen LogP contribution is 2.29. The monoisotopic (exact) mass is 385 g/mol. The van der Waals surface area contributed by atoms with Crippen LogP contribution in [0.5, 0.6) is 11.5 Å². The molecule has 1 N–H and O–H groups in total. The van der Waals surface area contributed by atoms with E-state index >= 15 is 0 Å². The lowest BCUT2D eigenvalue weighted by Crippen LogP contribution is -2.31. The molecule has 0 saturated heterocycles. The van der Waals surface area contributed by atoms with Gasteiger partial charge >= 0.3 is 0 Å². The average molecular weight is 385 g/mol. The van der Waals surface area contributed by atoms with Crippen molar-refractivity contribution in [3.63, 3.8) is 0 Å². The Morgan fingerprint density at radius 3 is 2.56 bits per heavy atom. The van der Waals surface area contributed by atoms with Crippen molar-refractivity contribution in [2.75, 3.05) is 14.2 Å². The Bertz CT molecular complexity index is 868. The molecule has 0 saturated carbocycles. The summed E-state index contributed by atoms with van der Waals surface area (Å²) in [7, 11) is 5.12. The number of methoxy groups -OCH3 is 2. The molecule has 1 aromatic carbocycles. The first-order chi connectivity index (χ1) is 13.1. The molecule has 2 heterocycles. The first kappa shape index (κ1) is 19.0. The quantitative estimate of drug-likeness (QED) is 0.646. The molecule has 1 atom stereocenters. The second kappa shape index (κ2) is 8.73. The molecule has 3 aromatic rings. The SMILES string of the molecule is COc1cc(OC)cc(C(NC(=O)CCc2ccsc2)c2nccn2C)c1. The molecule has 2 aromatic heterocycles. The number of nitrogens with zero attached hydrogens (tertiary/aromatic N) is 2. The third kappa shape index (κ3) is 4.68. The van der Waals surface area contributed by atoms with Crippen molar-refractivity contribution in [1.82, 2.24) is 14.9 Å². The van der Waals surface area contributed by atoms with Crippen LogP contribution >= 0.6 is 11.3 Å². The van der Waals surface area contributed by atoms with E-state index in [0.29, 0.717) is 24.3 Å². The normalized spacial score (nSPS) is 11.8. The largest absolute Gasteiger partial charge is 0.497 e. The zero-order valence-corrected chi connectivity index (χ0v) is 16.5. The Morgan fingerprint density at radius 1 is 1.26 bits per heavy atom. The third-order valence-electron chi connectivity index (χ3n) is 4.35. The summed E-state index contributed by atoms with van der Waals surface area (Å²) < 4.78 is 12.7. The number of carbonyl (C=O) groups is 1. The first-order valence-electron chi connectivity index (χ1n) is 8.61. The van der Waals surface area contributed by atoms with Gasteiger partial charge in [0.15, 0.2) is 0 Å². The van der Waals surface area contributed by atoms with Crippen molar-refractivity contribution in [2.45, 2.75) is 18.9 Å². The number of nitrogens with one attached hydrogen (secondary N) is 1. The van der Waals surface area contributed by atoms with E-state index in [1.807, 2.05) is 41.4 Å². The van der Waals surface area contributed by atoms with Crippen LogP contribution in [-0.4, -0.2) is 29.7 Å². The van der Waals surface area contributed by atoms with E-state index in [4.69, 9.17) is 9.47 Å². The summed E-state index contributed by atoms with van der Waals surface area (Å²) in [4.78, 5) is 17.1. The lowest BCUT2D eigenvalue weighted by Gasteiger charge is -2.20. The predicted molar refractivity (Wildman–Crippen MR) is 105 cm³/mol. The van der Waals surface area contributed by atoms with Gasteiger partial charge in [-0.1, -0.05) is 0 Å². The van der Waals surface area contributed by atoms with E-state index in [0.717, 1.165) is 11.4 Å². The van der Waals surface area contributed by atoms with Gasteiger partial charge in [0.05, 0.1) is 14.2 Å². The van der Waals surface area contributed by atoms with Crippen molar-refractivity contribution in [3.8, 4) is 11.5 Å². The number of ether oxygens (including phenoxy) is 2. The summed E-state index contributed by atoms with van der Waals surface area (Å²) in [6, 6.07) is 7.23. The smallest absolute Gasteiger partial charge is 0.221 e. The fourth-order valence-corrected chi connectivity index (χ4v) is 3.58. The van der Waals surface area contributed by atoms with Gasteiger partial charge in [0, 0.05) is 31.9 Å². The fraction of sp³-hybridized carbons (Fsp3) is 0.300. The van der Waals surface area contributed by atoms with Gasteiger partial charge in [0.25, 0.3) is 0 Å². The molecule has 6 nitrogen and oxygen atoms in total. The molecule has 0 spiro atoms. The van der Waals surface area contributed by atoms with Gasteiger partial charge in [0.1, 0.15) is 23.4 Å². The van der Waals surface area contributed by atoms with Crippen LogP contribution in [0.15, 0.2) is 47.4 Å². The second-order valence-corrected chi connectivity index (χ2v) is 6.95. The highest BCUT2D eigenvalue weighted by molar-refractivity contribution is 7.07. The molecule has 0 aliphatic heterocycles. The predicted octanol–water partition coefficient (Wildman–Crippen LogP) is 3.34. The molecular weight excluding hydrogens is 362 g/mol. The van der Waals surface area contributed by atoms with Crippen LogP contribution in [0.25, 0.3) is 0 Å². The minimum Gasteiger partial charge on any atom is -0.497 e. The van der Waals surface area contributed by atoms with Gasteiger partial charge < -0.3 is 19.4 Å². The van der Waals surface area contributed by atoms with Crippen molar-refractivity contribution in [2.24, 2.45) is 7.05 Å². The number of amides is 1. The van der Waals surface area contributed by atoms with Gasteiger partial charge in [-0.2, -0.15) is 11.3 Å². The number of carbonyl (C=O) groups excluding carboxylic acids is 1. The highest BCUT2D eigenvalue weighted by Gasteiger charge is 2.22. The van der Waals surface area contributed by atoms with Crippen molar-refractivity contribution in [1.29, 1.82) is 0 Å². The van der Waals surface area contributed by atoms with E-state index in [2.05, 4.69) is 15.7 Å². The van der Waals surface area contributed by atoms with Gasteiger partial charge in [-0.15, -0.1) is 0 Å². The number of imidazole rings is 1. The molecule has 0 fully saturated rings. The molecule has 3 rings (SSSR count). The summed E-state index contributed by atoms with van der Waals surface area (Å²) in [5.74, 6) is 2.04. The highest BCUT2D eigenvalue weighted by atomic mass is 32.1. The second-order valence-electron chi connectivity index (χ2n) is 6.17. The Kier molecular flexibility index (Phi) is 6.13. The van der Waals surface area contributed by atoms with Crippen LogP contribution in [-0.2, 0) is 18.3 Å². The van der Waals surface area contributed by atoms with E-state index in [1.54, 1.807) is 37.8 Å². The molecule has 0 aliphatic carbocycles. The fourth-order valence-electron chi connectivity index (χ4n) is 2.87. The van der Waals surface area contributed by atoms with Crippen LogP contribution < -0.4 is 14.8 Å². The Morgan fingerprint density at radius 2 is 2.00 bits per heavy atom. The van der Waals surface area contributed by atoms with Crippen molar-refractivity contribution < 1.29 is 14.3 Å². The van der Waals surface area contributed by atoms with Gasteiger partial charge in [-0.3, -0.25) is 4.79 Å². The molecule has 7 heteroatoms. The van der Waals surface area contributed by atoms with E-state index in [9.17, 15) is 4.79 Å². The summed E-state index contributed by atoms with van der Waals surface area (Å²) in [6.07, 6.45) is 4.71. The standard InChI is InChI=1S/C20H23N3O3S/c1-23-8-7-21-20(23)19(15-10-16(25-2)12-17(11-15)26-3)22-18(24)5-4-14-6-9-27-13-14/h6-13,19H,4-5H2,1-3H3,(H,22,24). The number of hydrogen-bond acceptors (Lipinski definition) is 5. The molecule has 0 bridgehead atoms. The topological polar surface area (TPSA) is 65.4 Å². The van der Waals surface area contributed by atoms with Crippen molar-refractivity contribution >= 4 is 17.2 Å². The molecule has 142 valence electrons. The van der Waals surface area contributed by atoms with Crippen LogP contribution in [0.1, 0.15) is 29.4 Å². The maximum absolute atomic E-state index is 12.6. The lowest BCUT2D eigenvalue weighted by molar-refractivity contribution is -0.121. The molecule has 1 amide bonds. The Balaban J connectivity index is 1.86. The minimum atomic E-state index is -0.399. The van der Waals surface area contributed by atoms with Gasteiger partial charge in [-0.05, 0) is 46.5 Å². The number of aryl methyl sites for hydroxylation is 2. The zero-order chi connectivity index (χ0) is 19.2. The molecular formula is C20H23N3O3S. The number of hydrogen-bond donors (Lipinski definition) is 1. The maximum Gasteiger partial charge on any atom is 0.221 e. The lowest BCUT2D eigenvalue weighted by atomic mass is 10.0. The van der Waals surface area contributed by atoms with Gasteiger partial charge in [0.2, 0.25) is 5.91 Å². The summed E-state index contributed by atoms with van der Waals surface area (Å²) in [5, 5.41) is 7.20. The van der Waals surface area contributed by atoms with Crippen molar-refractivity contribution in [3.05, 3.63) is 64.4 Å². The summed E-state index contributed by atoms with van der Waals surface area (Å²) >= 11 is 1.64. The number of benzene rings is 1. The average Bonchev–Trinajstić information content (AvgIpc) is 3.35. The van der Waals surface area contributed by atoms with E-state index < -0.39 is 6.04 Å². The molecule has 0 aliphatic rings. The van der Waals surface area contributed by atoms with Gasteiger partial charge in [-0.25, -0.2) is 4.98 Å². The third-order valence-corrected chi connectivity index (χ3v) is 5.08. The number of aromatic nitrogens is 2. The van der Waals surface area contributed by atoms with E-state index in [1.165, 1.54) is 5.56 Å². The van der Waals surface area contributed by atoms with Crippen LogP contribution in [0.3, 0.4) is 0 Å². The summed E-state index contributed by atoms with van der Waals surface area (Å²) in [6.45, 7) is 0. The number of rotatable bonds is 8. The first-order valence-corrected chi connectivity index (χ1v) is 9.55. The number of thiophene rings is 1. The Labute approximate surface area is 162 Å². The Hall–Kier alpha value is -2.80. The van der Waals surface area contributed by atoms with Crippen LogP contribution in [0.4, 0.5) is 0 Å². The maximum atomic E-state index is 12.6. The summed E-state index contributed by atoms with van der Waals surface area (Å²) in [5.41, 5.74) is 2.02. The molecule has 27 heavy (non-hydrogen) atoms.